The topological polar surface area (TPSA) is 82.5 Å². The van der Waals surface area contributed by atoms with Crippen LogP contribution in [0, 0.1) is 5.92 Å². The molecule has 7 heteroatoms. The summed E-state index contributed by atoms with van der Waals surface area (Å²) in [5, 5.41) is 15.0. The average molecular weight is 404 g/mol. The zero-order valence-corrected chi connectivity index (χ0v) is 17.7. The fourth-order valence-electron chi connectivity index (χ4n) is 2.84. The zero-order chi connectivity index (χ0) is 20.7. The number of carbonyl (C=O) groups excluding carboxylic acids is 2. The number of benzene rings is 1. The largest absolute Gasteiger partial charge is 0.392 e. The first kappa shape index (κ1) is 22.0. The van der Waals surface area contributed by atoms with Crippen LogP contribution in [0.4, 0.5) is 4.79 Å². The number of aliphatic hydroxyl groups is 1. The molecule has 1 heterocycles. The monoisotopic (exact) mass is 403 g/mol. The summed E-state index contributed by atoms with van der Waals surface area (Å²) in [4.78, 5) is 29.6. The lowest BCUT2D eigenvalue weighted by molar-refractivity contribution is -0.110. The van der Waals surface area contributed by atoms with Gasteiger partial charge >= 0.3 is 6.03 Å². The molecule has 2 rings (SSSR count). The van der Waals surface area contributed by atoms with Crippen LogP contribution in [0.2, 0.25) is 0 Å². The molecule has 1 unspecified atom stereocenters. The smallest absolute Gasteiger partial charge is 0.318 e. The number of rotatable bonds is 9. The van der Waals surface area contributed by atoms with Gasteiger partial charge in [-0.1, -0.05) is 45.0 Å². The van der Waals surface area contributed by atoms with Crippen LogP contribution in [0.3, 0.4) is 0 Å². The number of aldehydes is 1. The molecule has 0 radical (unpaired) electrons. The highest BCUT2D eigenvalue weighted by atomic mass is 32.1. The van der Waals surface area contributed by atoms with Crippen molar-refractivity contribution in [3.8, 4) is 0 Å². The van der Waals surface area contributed by atoms with Crippen LogP contribution in [-0.2, 0) is 24.4 Å². The second-order valence-corrected chi connectivity index (χ2v) is 8.36. The van der Waals surface area contributed by atoms with Gasteiger partial charge in [-0.15, -0.1) is 11.3 Å². The van der Waals surface area contributed by atoms with Gasteiger partial charge in [0.15, 0.2) is 0 Å². The summed E-state index contributed by atoms with van der Waals surface area (Å²) < 4.78 is 0. The number of amides is 2. The van der Waals surface area contributed by atoms with E-state index in [4.69, 9.17) is 0 Å². The highest BCUT2D eigenvalue weighted by Gasteiger charge is 2.19. The van der Waals surface area contributed by atoms with Crippen molar-refractivity contribution in [3.63, 3.8) is 0 Å². The van der Waals surface area contributed by atoms with Gasteiger partial charge in [-0.3, -0.25) is 0 Å². The lowest BCUT2D eigenvalue weighted by atomic mass is 10.00. The van der Waals surface area contributed by atoms with E-state index in [0.717, 1.165) is 29.0 Å². The lowest BCUT2D eigenvalue weighted by Crippen LogP contribution is -2.45. The normalized spacial score (nSPS) is 13.2. The van der Waals surface area contributed by atoms with Crippen LogP contribution in [0.1, 0.15) is 48.5 Å². The minimum atomic E-state index is -0.490. The van der Waals surface area contributed by atoms with E-state index in [1.54, 1.807) is 18.4 Å². The molecule has 6 nitrogen and oxygen atoms in total. The van der Waals surface area contributed by atoms with E-state index >= 15 is 0 Å². The molecule has 0 saturated carbocycles. The Morgan fingerprint density at radius 2 is 2.04 bits per heavy atom. The predicted octanol–water partition coefficient (Wildman–Crippen LogP) is 3.35. The summed E-state index contributed by atoms with van der Waals surface area (Å²) in [5.74, 6) is 0.290. The number of thiazole rings is 1. The van der Waals surface area contributed by atoms with E-state index < -0.39 is 6.04 Å². The van der Waals surface area contributed by atoms with Crippen molar-refractivity contribution in [2.45, 2.75) is 52.3 Å². The van der Waals surface area contributed by atoms with E-state index in [9.17, 15) is 14.7 Å². The second kappa shape index (κ2) is 10.3. The first-order valence-corrected chi connectivity index (χ1v) is 10.3. The quantitative estimate of drug-likeness (QED) is 0.629. The summed E-state index contributed by atoms with van der Waals surface area (Å²) in [6.07, 6.45) is 1.61. The van der Waals surface area contributed by atoms with Gasteiger partial charge in [0, 0.05) is 18.3 Å². The number of aromatic nitrogens is 1. The fourth-order valence-corrected chi connectivity index (χ4v) is 3.71. The Balaban J connectivity index is 1.95. The van der Waals surface area contributed by atoms with Crippen molar-refractivity contribution in [2.75, 3.05) is 7.05 Å². The summed E-state index contributed by atoms with van der Waals surface area (Å²) in [5.41, 5.74) is 2.91. The van der Waals surface area contributed by atoms with Crippen molar-refractivity contribution in [1.29, 1.82) is 0 Å². The maximum atomic E-state index is 12.3. The van der Waals surface area contributed by atoms with Crippen molar-refractivity contribution >= 4 is 23.7 Å². The van der Waals surface area contributed by atoms with Crippen LogP contribution < -0.4 is 5.32 Å². The maximum absolute atomic E-state index is 12.3. The Labute approximate surface area is 170 Å². The number of carbonyl (C=O) groups is 2. The molecule has 0 aliphatic carbocycles. The minimum absolute atomic E-state index is 0.0415. The summed E-state index contributed by atoms with van der Waals surface area (Å²) in [6.45, 7) is 6.34. The van der Waals surface area contributed by atoms with E-state index in [0.29, 0.717) is 6.54 Å². The maximum Gasteiger partial charge on any atom is 0.318 e. The van der Waals surface area contributed by atoms with E-state index in [1.165, 1.54) is 10.5 Å². The predicted molar refractivity (Wildman–Crippen MR) is 111 cm³/mol. The van der Waals surface area contributed by atoms with Crippen LogP contribution in [0.25, 0.3) is 0 Å². The van der Waals surface area contributed by atoms with Crippen LogP contribution in [0.15, 0.2) is 29.6 Å². The summed E-state index contributed by atoms with van der Waals surface area (Å²) in [7, 11) is 1.69. The van der Waals surface area contributed by atoms with Crippen molar-refractivity contribution in [1.82, 2.24) is 15.2 Å². The van der Waals surface area contributed by atoms with Gasteiger partial charge in [0.25, 0.3) is 0 Å². The van der Waals surface area contributed by atoms with Crippen LogP contribution in [0.5, 0.6) is 0 Å². The Morgan fingerprint density at radius 3 is 2.68 bits per heavy atom. The van der Waals surface area contributed by atoms with Crippen molar-refractivity contribution in [3.05, 3.63) is 51.5 Å². The fraction of sp³-hybridized carbons (Fsp3) is 0.476. The molecular weight excluding hydrogens is 374 g/mol. The highest BCUT2D eigenvalue weighted by molar-refractivity contribution is 7.09. The standard InChI is InChI=1S/C21H29N3O3S/c1-14(2)19(12-26)23-21(27)24(4)10-18-13-28-20(22-18)15(3)8-16-6-5-7-17(9-16)11-25/h5-7,9,12-15,19,25H,8,10-11H2,1-4H3,(H,23,27)/t15?,19-/m1/s1. The number of hydrogen-bond donors (Lipinski definition) is 2. The Hall–Kier alpha value is -2.25. The van der Waals surface area contributed by atoms with Crippen LogP contribution in [-0.4, -0.2) is 40.4 Å². The van der Waals surface area contributed by atoms with Gasteiger partial charge in [-0.25, -0.2) is 9.78 Å². The van der Waals surface area contributed by atoms with E-state index in [-0.39, 0.29) is 24.5 Å². The molecule has 0 aliphatic heterocycles. The van der Waals surface area contributed by atoms with Gasteiger partial charge in [0.1, 0.15) is 6.29 Å². The molecule has 28 heavy (non-hydrogen) atoms. The van der Waals surface area contributed by atoms with Crippen molar-refractivity contribution < 1.29 is 14.7 Å². The van der Waals surface area contributed by atoms with E-state index in [2.05, 4.69) is 23.3 Å². The Bertz CT molecular complexity index is 791. The molecule has 0 aliphatic rings. The van der Waals surface area contributed by atoms with E-state index in [1.807, 2.05) is 37.4 Å². The zero-order valence-electron chi connectivity index (χ0n) is 16.9. The SMILES string of the molecule is CC(Cc1cccc(CO)c1)c1nc(CN(C)C(=O)N[C@H](C=O)C(C)C)cs1. The molecule has 1 aromatic heterocycles. The molecule has 2 N–H and O–H groups in total. The molecule has 2 aromatic rings. The molecule has 2 amide bonds. The molecule has 2 atom stereocenters. The molecule has 152 valence electrons. The molecule has 0 spiro atoms. The highest BCUT2D eigenvalue weighted by Crippen LogP contribution is 2.24. The Morgan fingerprint density at radius 1 is 1.32 bits per heavy atom. The van der Waals surface area contributed by atoms with Gasteiger partial charge in [-0.05, 0) is 23.5 Å². The molecule has 0 bridgehead atoms. The minimum Gasteiger partial charge on any atom is -0.392 e. The van der Waals surface area contributed by atoms with Crippen molar-refractivity contribution in [2.24, 2.45) is 5.92 Å². The number of hydrogen-bond acceptors (Lipinski definition) is 5. The first-order valence-electron chi connectivity index (χ1n) is 9.44. The van der Waals surface area contributed by atoms with Gasteiger partial charge in [0.2, 0.25) is 0 Å². The van der Waals surface area contributed by atoms with Gasteiger partial charge < -0.3 is 20.1 Å². The molecule has 0 saturated heterocycles. The summed E-state index contributed by atoms with van der Waals surface area (Å²) in [6, 6.07) is 7.16. The number of urea groups is 1. The second-order valence-electron chi connectivity index (χ2n) is 7.47. The third-order valence-corrected chi connectivity index (χ3v) is 5.73. The number of aliphatic hydroxyl groups excluding tert-OH is 1. The molecule has 1 aromatic carbocycles. The lowest BCUT2D eigenvalue weighted by Gasteiger charge is -2.22. The third kappa shape index (κ3) is 6.14. The Kier molecular flexibility index (Phi) is 8.14. The molecular formula is C21H29N3O3S. The summed E-state index contributed by atoms with van der Waals surface area (Å²) >= 11 is 1.59. The number of nitrogens with zero attached hydrogens (tertiary/aromatic N) is 2. The van der Waals surface area contributed by atoms with Crippen LogP contribution >= 0.6 is 11.3 Å². The number of nitrogens with one attached hydrogen (secondary N) is 1. The molecule has 0 fully saturated rings. The first-order chi connectivity index (χ1) is 13.3. The average Bonchev–Trinajstić information content (AvgIpc) is 3.14. The van der Waals surface area contributed by atoms with Gasteiger partial charge in [-0.2, -0.15) is 0 Å². The third-order valence-electron chi connectivity index (χ3n) is 4.61. The van der Waals surface area contributed by atoms with Gasteiger partial charge in [0.05, 0.1) is 29.9 Å².